The van der Waals surface area contributed by atoms with Crippen LogP contribution in [0.25, 0.3) is 0 Å². The smallest absolute Gasteiger partial charge is 0.0971 e. The molecule has 2 rings (SSSR count). The molecule has 2 heterocycles. The van der Waals surface area contributed by atoms with E-state index in [-0.39, 0.29) is 11.6 Å². The van der Waals surface area contributed by atoms with Crippen molar-refractivity contribution in [2.75, 3.05) is 26.7 Å². The highest BCUT2D eigenvalue weighted by Gasteiger charge is 2.46. The van der Waals surface area contributed by atoms with Gasteiger partial charge in [-0.15, -0.1) is 0 Å². The summed E-state index contributed by atoms with van der Waals surface area (Å²) < 4.78 is 5.72. The van der Waals surface area contributed by atoms with E-state index in [1.165, 1.54) is 6.42 Å². The van der Waals surface area contributed by atoms with Crippen molar-refractivity contribution >= 4 is 0 Å². The summed E-state index contributed by atoms with van der Waals surface area (Å²) in [6.07, 6.45) is 2.33. The summed E-state index contributed by atoms with van der Waals surface area (Å²) in [5, 5.41) is 0. The molecular formula is C8H16N2O. The predicted octanol–water partition coefficient (Wildman–Crippen LogP) is -0.192. The second-order valence-corrected chi connectivity index (χ2v) is 3.82. The third-order valence-electron chi connectivity index (χ3n) is 2.86. The van der Waals surface area contributed by atoms with Gasteiger partial charge < -0.3 is 15.4 Å². The van der Waals surface area contributed by atoms with Gasteiger partial charge in [0.05, 0.1) is 5.60 Å². The van der Waals surface area contributed by atoms with E-state index in [4.69, 9.17) is 10.5 Å². The van der Waals surface area contributed by atoms with E-state index >= 15 is 0 Å². The lowest BCUT2D eigenvalue weighted by molar-refractivity contribution is 0.00395. The van der Waals surface area contributed by atoms with Gasteiger partial charge in [0.1, 0.15) is 0 Å². The molecule has 0 bridgehead atoms. The zero-order chi connectivity index (χ0) is 7.90. The molecule has 2 saturated heterocycles. The number of ether oxygens (including phenoxy) is 1. The maximum atomic E-state index is 6.00. The molecule has 11 heavy (non-hydrogen) atoms. The molecule has 3 nitrogen and oxygen atoms in total. The van der Waals surface area contributed by atoms with E-state index in [1.807, 2.05) is 0 Å². The van der Waals surface area contributed by atoms with Gasteiger partial charge in [-0.3, -0.25) is 0 Å². The first-order valence-corrected chi connectivity index (χ1v) is 4.31. The predicted molar refractivity (Wildman–Crippen MR) is 43.4 cm³/mol. The summed E-state index contributed by atoms with van der Waals surface area (Å²) in [5.41, 5.74) is 6.02. The van der Waals surface area contributed by atoms with E-state index < -0.39 is 0 Å². The molecule has 2 unspecified atom stereocenters. The first-order valence-electron chi connectivity index (χ1n) is 4.31. The Morgan fingerprint density at radius 2 is 2.45 bits per heavy atom. The van der Waals surface area contributed by atoms with Gasteiger partial charge in [-0.05, 0) is 19.9 Å². The van der Waals surface area contributed by atoms with Gasteiger partial charge in [0.15, 0.2) is 0 Å². The molecule has 0 aromatic rings. The molecule has 0 aromatic carbocycles. The largest absolute Gasteiger partial charge is 0.372 e. The van der Waals surface area contributed by atoms with Crippen molar-refractivity contribution in [2.45, 2.75) is 24.5 Å². The van der Waals surface area contributed by atoms with Crippen LogP contribution in [0.4, 0.5) is 0 Å². The van der Waals surface area contributed by atoms with Crippen molar-refractivity contribution in [3.8, 4) is 0 Å². The molecule has 0 aromatic heterocycles. The normalized spacial score (nSPS) is 45.8. The number of nitrogens with two attached hydrogens (primary N) is 1. The SMILES string of the molecule is CN1CC(N)C2(CCCO2)C1. The summed E-state index contributed by atoms with van der Waals surface area (Å²) >= 11 is 0. The molecule has 2 N–H and O–H groups in total. The van der Waals surface area contributed by atoms with Crippen molar-refractivity contribution in [3.63, 3.8) is 0 Å². The van der Waals surface area contributed by atoms with Gasteiger partial charge in [0, 0.05) is 25.7 Å². The highest BCUT2D eigenvalue weighted by Crippen LogP contribution is 2.33. The van der Waals surface area contributed by atoms with Crippen molar-refractivity contribution in [1.29, 1.82) is 0 Å². The van der Waals surface area contributed by atoms with Crippen LogP contribution in [0, 0.1) is 0 Å². The molecule has 0 saturated carbocycles. The molecule has 2 atom stereocenters. The van der Waals surface area contributed by atoms with Crippen LogP contribution in [0.3, 0.4) is 0 Å². The van der Waals surface area contributed by atoms with Gasteiger partial charge in [-0.1, -0.05) is 0 Å². The van der Waals surface area contributed by atoms with Crippen LogP contribution in [-0.2, 0) is 4.74 Å². The average molecular weight is 156 g/mol. The van der Waals surface area contributed by atoms with Crippen LogP contribution in [0.2, 0.25) is 0 Å². The Labute approximate surface area is 67.5 Å². The number of likely N-dealkylation sites (N-methyl/N-ethyl adjacent to an activating group) is 1. The topological polar surface area (TPSA) is 38.5 Å². The number of hydrogen-bond acceptors (Lipinski definition) is 3. The van der Waals surface area contributed by atoms with E-state index in [0.717, 1.165) is 26.1 Å². The number of nitrogens with zero attached hydrogens (tertiary/aromatic N) is 1. The second-order valence-electron chi connectivity index (χ2n) is 3.82. The van der Waals surface area contributed by atoms with Crippen LogP contribution in [-0.4, -0.2) is 43.3 Å². The first-order chi connectivity index (χ1) is 5.23. The molecule has 3 heteroatoms. The molecular weight excluding hydrogens is 140 g/mol. The minimum atomic E-state index is 0.0226. The van der Waals surface area contributed by atoms with Gasteiger partial charge in [0.2, 0.25) is 0 Å². The van der Waals surface area contributed by atoms with E-state index in [2.05, 4.69) is 11.9 Å². The molecule has 2 aliphatic heterocycles. The van der Waals surface area contributed by atoms with Crippen molar-refractivity contribution in [3.05, 3.63) is 0 Å². The number of rotatable bonds is 0. The minimum absolute atomic E-state index is 0.0226. The monoisotopic (exact) mass is 156 g/mol. The summed E-state index contributed by atoms with van der Waals surface area (Å²) in [6, 6.07) is 0.231. The molecule has 64 valence electrons. The molecule has 2 fully saturated rings. The zero-order valence-electron chi connectivity index (χ0n) is 7.05. The summed E-state index contributed by atoms with van der Waals surface area (Å²) in [6.45, 7) is 2.91. The molecule has 0 radical (unpaired) electrons. The van der Waals surface area contributed by atoms with Crippen molar-refractivity contribution < 1.29 is 4.74 Å². The van der Waals surface area contributed by atoms with Crippen LogP contribution in [0.5, 0.6) is 0 Å². The Kier molecular flexibility index (Phi) is 1.67. The maximum absolute atomic E-state index is 6.00. The van der Waals surface area contributed by atoms with E-state index in [1.54, 1.807) is 0 Å². The quantitative estimate of drug-likeness (QED) is 0.528. The van der Waals surface area contributed by atoms with Gasteiger partial charge >= 0.3 is 0 Å². The van der Waals surface area contributed by atoms with Gasteiger partial charge in [-0.25, -0.2) is 0 Å². The highest BCUT2D eigenvalue weighted by molar-refractivity contribution is 5.02. The standard InChI is InChI=1S/C8H16N2O/c1-10-5-7(9)8(6-10)3-2-4-11-8/h7H,2-6,9H2,1H3. The third-order valence-corrected chi connectivity index (χ3v) is 2.86. The molecule has 0 aliphatic carbocycles. The van der Waals surface area contributed by atoms with E-state index in [0.29, 0.717) is 0 Å². The summed E-state index contributed by atoms with van der Waals surface area (Å²) in [4.78, 5) is 2.26. The summed E-state index contributed by atoms with van der Waals surface area (Å²) in [5.74, 6) is 0. The second kappa shape index (κ2) is 2.44. The first kappa shape index (κ1) is 7.53. The Bertz CT molecular complexity index is 154. The van der Waals surface area contributed by atoms with Gasteiger partial charge in [0.25, 0.3) is 0 Å². The van der Waals surface area contributed by atoms with Gasteiger partial charge in [-0.2, -0.15) is 0 Å². The van der Waals surface area contributed by atoms with Crippen molar-refractivity contribution in [2.24, 2.45) is 5.73 Å². The Morgan fingerprint density at radius 3 is 2.91 bits per heavy atom. The Hall–Kier alpha value is -0.120. The zero-order valence-corrected chi connectivity index (χ0v) is 7.05. The maximum Gasteiger partial charge on any atom is 0.0971 e. The fourth-order valence-electron chi connectivity index (χ4n) is 2.28. The molecule has 1 spiro atoms. The molecule has 2 aliphatic rings. The van der Waals surface area contributed by atoms with Crippen molar-refractivity contribution in [1.82, 2.24) is 4.90 Å². The lowest BCUT2D eigenvalue weighted by Crippen LogP contribution is -2.46. The van der Waals surface area contributed by atoms with Crippen LogP contribution in [0.1, 0.15) is 12.8 Å². The van der Waals surface area contributed by atoms with E-state index in [9.17, 15) is 0 Å². The van der Waals surface area contributed by atoms with Crippen LogP contribution >= 0.6 is 0 Å². The average Bonchev–Trinajstić information content (AvgIpc) is 2.45. The summed E-state index contributed by atoms with van der Waals surface area (Å²) in [7, 11) is 2.11. The number of hydrogen-bond donors (Lipinski definition) is 1. The molecule has 0 amide bonds. The Balaban J connectivity index is 2.12. The number of likely N-dealkylation sites (tertiary alicyclic amines) is 1. The Morgan fingerprint density at radius 1 is 1.64 bits per heavy atom. The minimum Gasteiger partial charge on any atom is -0.372 e. The highest BCUT2D eigenvalue weighted by atomic mass is 16.5. The van der Waals surface area contributed by atoms with Crippen LogP contribution in [0.15, 0.2) is 0 Å². The fraction of sp³-hybridized carbons (Fsp3) is 1.00. The third kappa shape index (κ3) is 1.08. The van der Waals surface area contributed by atoms with Crippen LogP contribution < -0.4 is 5.73 Å². The fourth-order valence-corrected chi connectivity index (χ4v) is 2.28. The lowest BCUT2D eigenvalue weighted by atomic mass is 9.95. The lowest BCUT2D eigenvalue weighted by Gasteiger charge is -2.26.